The molecule has 0 N–H and O–H groups in total. The topological polar surface area (TPSA) is 30.8 Å². The summed E-state index contributed by atoms with van der Waals surface area (Å²) < 4.78 is 10.4. The van der Waals surface area contributed by atoms with Crippen molar-refractivity contribution in [3.8, 4) is 0 Å². The normalized spacial score (nSPS) is 22.1. The molecule has 0 unspecified atom stereocenters. The third kappa shape index (κ3) is 2.42. The zero-order chi connectivity index (χ0) is 11.4. The van der Waals surface area contributed by atoms with Crippen molar-refractivity contribution in [3.63, 3.8) is 0 Å². The van der Waals surface area contributed by atoms with Gasteiger partial charge in [-0.3, -0.25) is 4.99 Å². The van der Waals surface area contributed by atoms with Crippen LogP contribution in [0.4, 0.5) is 0 Å². The molecule has 1 aliphatic rings. The summed E-state index contributed by atoms with van der Waals surface area (Å²) in [6.07, 6.45) is 3.63. The van der Waals surface area contributed by atoms with E-state index in [1.165, 1.54) is 0 Å². The first kappa shape index (κ1) is 11.9. The predicted molar refractivity (Wildman–Crippen MR) is 62.1 cm³/mol. The van der Waals surface area contributed by atoms with Gasteiger partial charge >= 0.3 is 0 Å². The highest BCUT2D eigenvalue weighted by Gasteiger charge is 2.18. The lowest BCUT2D eigenvalue weighted by atomic mass is 10.0. The summed E-state index contributed by atoms with van der Waals surface area (Å²) in [6, 6.07) is 0. The molecule has 3 nitrogen and oxygen atoms in total. The zero-order valence-corrected chi connectivity index (χ0v) is 10.1. The van der Waals surface area contributed by atoms with E-state index in [1.54, 1.807) is 27.3 Å². The van der Waals surface area contributed by atoms with Gasteiger partial charge in [-0.2, -0.15) is 0 Å². The lowest BCUT2D eigenvalue weighted by Gasteiger charge is -2.17. The van der Waals surface area contributed by atoms with Crippen LogP contribution >= 0.6 is 11.6 Å². The van der Waals surface area contributed by atoms with Gasteiger partial charge in [0.1, 0.15) is 0 Å². The van der Waals surface area contributed by atoms with Crippen LogP contribution in [0, 0.1) is 0 Å². The molecule has 0 atom stereocenters. The standard InChI is InChI=1S/C11H14ClNO2/c1-7(12)8-5-10(14-3)11(15-4)6-9(8)13-2/h5-6H,1-4H3/b8-7+,13-9-. The van der Waals surface area contributed by atoms with Crippen molar-refractivity contribution < 1.29 is 9.47 Å². The minimum Gasteiger partial charge on any atom is -0.493 e. The van der Waals surface area contributed by atoms with Crippen molar-refractivity contribution in [3.05, 3.63) is 34.3 Å². The number of ether oxygens (including phenoxy) is 2. The summed E-state index contributed by atoms with van der Waals surface area (Å²) in [5.41, 5.74) is 1.65. The van der Waals surface area contributed by atoms with Crippen LogP contribution in [-0.4, -0.2) is 27.0 Å². The van der Waals surface area contributed by atoms with Crippen molar-refractivity contribution >= 4 is 17.3 Å². The lowest BCUT2D eigenvalue weighted by molar-refractivity contribution is 0.220. The second-order valence-electron chi connectivity index (χ2n) is 2.98. The maximum absolute atomic E-state index is 5.97. The second kappa shape index (κ2) is 5.03. The lowest BCUT2D eigenvalue weighted by Crippen LogP contribution is -2.10. The van der Waals surface area contributed by atoms with E-state index in [4.69, 9.17) is 21.1 Å². The van der Waals surface area contributed by atoms with Gasteiger partial charge in [-0.25, -0.2) is 0 Å². The van der Waals surface area contributed by atoms with Crippen LogP contribution in [0.5, 0.6) is 0 Å². The van der Waals surface area contributed by atoms with Crippen LogP contribution in [0.1, 0.15) is 6.92 Å². The molecule has 0 aromatic heterocycles. The Hall–Kier alpha value is -1.22. The second-order valence-corrected chi connectivity index (χ2v) is 3.55. The van der Waals surface area contributed by atoms with Gasteiger partial charge in [-0.05, 0) is 13.0 Å². The van der Waals surface area contributed by atoms with E-state index >= 15 is 0 Å². The molecular formula is C11H14ClNO2. The number of aliphatic imine (C=N–C) groups is 1. The molecule has 15 heavy (non-hydrogen) atoms. The quantitative estimate of drug-likeness (QED) is 0.726. The highest BCUT2D eigenvalue weighted by molar-refractivity contribution is 6.33. The monoisotopic (exact) mass is 227 g/mol. The highest BCUT2D eigenvalue weighted by Crippen LogP contribution is 2.25. The Morgan fingerprint density at radius 3 is 2.13 bits per heavy atom. The number of allylic oxidation sites excluding steroid dienone is 4. The van der Waals surface area contributed by atoms with E-state index in [-0.39, 0.29) is 0 Å². The summed E-state index contributed by atoms with van der Waals surface area (Å²) >= 11 is 5.97. The molecule has 0 aromatic rings. The SMILES string of the molecule is C/N=C1/C=C(OC)C(OC)=C/C1=C(/C)Cl. The summed E-state index contributed by atoms with van der Waals surface area (Å²) in [6.45, 7) is 1.82. The van der Waals surface area contributed by atoms with Crippen molar-refractivity contribution in [1.82, 2.24) is 0 Å². The third-order valence-electron chi connectivity index (χ3n) is 2.11. The number of hydrogen-bond donors (Lipinski definition) is 0. The van der Waals surface area contributed by atoms with E-state index in [0.29, 0.717) is 16.6 Å². The number of nitrogens with zero attached hydrogens (tertiary/aromatic N) is 1. The van der Waals surface area contributed by atoms with E-state index in [1.807, 2.05) is 13.0 Å². The van der Waals surface area contributed by atoms with Crippen molar-refractivity contribution in [2.45, 2.75) is 6.92 Å². The summed E-state index contributed by atoms with van der Waals surface area (Å²) in [7, 11) is 4.90. The van der Waals surface area contributed by atoms with Crippen LogP contribution in [0.2, 0.25) is 0 Å². The zero-order valence-electron chi connectivity index (χ0n) is 9.30. The molecular weight excluding hydrogens is 214 g/mol. The molecule has 4 heteroatoms. The molecule has 1 rings (SSSR count). The van der Waals surface area contributed by atoms with E-state index < -0.39 is 0 Å². The van der Waals surface area contributed by atoms with Gasteiger partial charge in [-0.1, -0.05) is 11.6 Å². The number of halogens is 1. The van der Waals surface area contributed by atoms with Crippen molar-refractivity contribution in [2.24, 2.45) is 4.99 Å². The predicted octanol–water partition coefficient (Wildman–Crippen LogP) is 2.64. The van der Waals surface area contributed by atoms with Crippen LogP contribution in [0.3, 0.4) is 0 Å². The summed E-state index contributed by atoms with van der Waals surface area (Å²) in [5.74, 6) is 1.31. The molecule has 0 amide bonds. The Morgan fingerprint density at radius 1 is 1.20 bits per heavy atom. The summed E-state index contributed by atoms with van der Waals surface area (Å²) in [4.78, 5) is 4.13. The molecule has 0 heterocycles. The van der Waals surface area contributed by atoms with Crippen LogP contribution in [0.15, 0.2) is 39.3 Å². The maximum Gasteiger partial charge on any atom is 0.162 e. The minimum absolute atomic E-state index is 0.653. The molecule has 0 saturated heterocycles. The average Bonchev–Trinajstić information content (AvgIpc) is 2.26. The number of rotatable bonds is 2. The van der Waals surface area contributed by atoms with E-state index in [2.05, 4.69) is 4.99 Å². The van der Waals surface area contributed by atoms with Gasteiger partial charge in [0.25, 0.3) is 0 Å². The Labute approximate surface area is 94.7 Å². The molecule has 0 aliphatic heterocycles. The molecule has 0 fully saturated rings. The molecule has 0 aromatic carbocycles. The molecule has 0 radical (unpaired) electrons. The minimum atomic E-state index is 0.653. The first-order chi connectivity index (χ1) is 7.13. The van der Waals surface area contributed by atoms with Gasteiger partial charge in [0.2, 0.25) is 0 Å². The Bertz CT molecular complexity index is 374. The van der Waals surface area contributed by atoms with E-state index in [0.717, 1.165) is 11.3 Å². The van der Waals surface area contributed by atoms with Gasteiger partial charge in [0, 0.05) is 23.7 Å². The smallest absolute Gasteiger partial charge is 0.162 e. The van der Waals surface area contributed by atoms with Gasteiger partial charge in [-0.15, -0.1) is 0 Å². The highest BCUT2D eigenvalue weighted by atomic mass is 35.5. The van der Waals surface area contributed by atoms with Gasteiger partial charge in [0.15, 0.2) is 11.5 Å². The average molecular weight is 228 g/mol. The summed E-state index contributed by atoms with van der Waals surface area (Å²) in [5, 5.41) is 0.677. The van der Waals surface area contributed by atoms with Crippen LogP contribution in [-0.2, 0) is 9.47 Å². The van der Waals surface area contributed by atoms with Crippen molar-refractivity contribution in [2.75, 3.05) is 21.3 Å². The van der Waals surface area contributed by atoms with E-state index in [9.17, 15) is 0 Å². The fourth-order valence-corrected chi connectivity index (χ4v) is 1.48. The molecule has 0 saturated carbocycles. The first-order valence-electron chi connectivity index (χ1n) is 4.49. The van der Waals surface area contributed by atoms with Crippen LogP contribution < -0.4 is 0 Å². The fraction of sp³-hybridized carbons (Fsp3) is 0.364. The molecule has 0 spiro atoms. The molecule has 1 aliphatic carbocycles. The Kier molecular flexibility index (Phi) is 3.97. The number of hydrogen-bond acceptors (Lipinski definition) is 3. The fourth-order valence-electron chi connectivity index (χ4n) is 1.33. The third-order valence-corrected chi connectivity index (χ3v) is 2.32. The maximum atomic E-state index is 5.97. The van der Waals surface area contributed by atoms with Crippen LogP contribution in [0.25, 0.3) is 0 Å². The number of methoxy groups -OCH3 is 2. The molecule has 0 bridgehead atoms. The Morgan fingerprint density at radius 2 is 1.73 bits per heavy atom. The van der Waals surface area contributed by atoms with Gasteiger partial charge in [0.05, 0.1) is 19.9 Å². The Balaban J connectivity index is 3.25. The van der Waals surface area contributed by atoms with Gasteiger partial charge < -0.3 is 9.47 Å². The van der Waals surface area contributed by atoms with Crippen molar-refractivity contribution in [1.29, 1.82) is 0 Å². The largest absolute Gasteiger partial charge is 0.493 e. The molecule has 82 valence electrons. The first-order valence-corrected chi connectivity index (χ1v) is 4.87.